The van der Waals surface area contributed by atoms with Crippen molar-refractivity contribution in [2.45, 2.75) is 0 Å². The van der Waals surface area contributed by atoms with Crippen LogP contribution in [-0.2, 0) is 0 Å². The number of fused-ring (bicyclic) bond motifs is 1. The molecular formula is C15H17N5O. The molecule has 6 heteroatoms. The Hall–Kier alpha value is -2.76. The third kappa shape index (κ3) is 2.35. The molecule has 21 heavy (non-hydrogen) atoms. The molecule has 0 radical (unpaired) electrons. The molecule has 0 amide bonds. The van der Waals surface area contributed by atoms with E-state index in [0.29, 0.717) is 17.1 Å². The average Bonchev–Trinajstić information content (AvgIpc) is 2.89. The number of nitrogens with two attached hydrogens (primary N) is 1. The molecule has 1 aromatic carbocycles. The average molecular weight is 283 g/mol. The molecule has 2 aromatic heterocycles. The van der Waals surface area contributed by atoms with E-state index in [4.69, 9.17) is 10.5 Å². The lowest BCUT2D eigenvalue weighted by atomic mass is 10.2. The summed E-state index contributed by atoms with van der Waals surface area (Å²) in [6.07, 6.45) is 0. The minimum absolute atomic E-state index is 0.581. The number of pyridine rings is 1. The highest BCUT2D eigenvalue weighted by Gasteiger charge is 2.09. The highest BCUT2D eigenvalue weighted by Crippen LogP contribution is 2.28. The normalized spacial score (nSPS) is 10.8. The number of anilines is 2. The van der Waals surface area contributed by atoms with E-state index in [1.807, 2.05) is 49.3 Å². The fraction of sp³-hybridized carbons (Fsp3) is 0.200. The van der Waals surface area contributed by atoms with Crippen molar-refractivity contribution >= 4 is 22.7 Å². The summed E-state index contributed by atoms with van der Waals surface area (Å²) in [7, 11) is 5.50. The van der Waals surface area contributed by atoms with Gasteiger partial charge in [0.25, 0.3) is 0 Å². The lowest BCUT2D eigenvalue weighted by Gasteiger charge is -2.09. The number of methoxy groups -OCH3 is 1. The van der Waals surface area contributed by atoms with Crippen LogP contribution < -0.4 is 15.4 Å². The van der Waals surface area contributed by atoms with E-state index in [1.54, 1.807) is 7.11 Å². The van der Waals surface area contributed by atoms with Gasteiger partial charge in [0.1, 0.15) is 17.4 Å². The Kier molecular flexibility index (Phi) is 3.13. The number of imidazole rings is 1. The van der Waals surface area contributed by atoms with E-state index >= 15 is 0 Å². The summed E-state index contributed by atoms with van der Waals surface area (Å²) >= 11 is 0. The van der Waals surface area contributed by atoms with E-state index < -0.39 is 0 Å². The minimum atomic E-state index is 0.581. The smallest absolute Gasteiger partial charge is 0.180 e. The van der Waals surface area contributed by atoms with Gasteiger partial charge in [0.2, 0.25) is 0 Å². The van der Waals surface area contributed by atoms with Crippen molar-refractivity contribution in [1.29, 1.82) is 0 Å². The monoisotopic (exact) mass is 283 g/mol. The Bertz CT molecular complexity index is 794. The van der Waals surface area contributed by atoms with Gasteiger partial charge in [-0.1, -0.05) is 0 Å². The number of H-pyrrole nitrogens is 1. The fourth-order valence-corrected chi connectivity index (χ4v) is 2.15. The van der Waals surface area contributed by atoms with Crippen LogP contribution in [0.4, 0.5) is 11.5 Å². The number of ether oxygens (including phenoxy) is 1. The van der Waals surface area contributed by atoms with Crippen molar-refractivity contribution in [1.82, 2.24) is 15.0 Å². The maximum absolute atomic E-state index is 5.94. The molecule has 3 rings (SSSR count). The maximum Gasteiger partial charge on any atom is 0.180 e. The molecule has 0 bridgehead atoms. The fourth-order valence-electron chi connectivity index (χ4n) is 2.15. The SMILES string of the molecule is COc1ccc(-c2nc3nc(N(C)C)ccc3[nH]2)cc1N. The van der Waals surface area contributed by atoms with Gasteiger partial charge >= 0.3 is 0 Å². The molecule has 3 aromatic rings. The van der Waals surface area contributed by atoms with Crippen molar-refractivity contribution in [2.24, 2.45) is 0 Å². The second kappa shape index (κ2) is 4.97. The minimum Gasteiger partial charge on any atom is -0.495 e. The van der Waals surface area contributed by atoms with Crippen LogP contribution in [0.25, 0.3) is 22.6 Å². The van der Waals surface area contributed by atoms with E-state index in [-0.39, 0.29) is 0 Å². The Balaban J connectivity index is 2.06. The number of nitrogens with zero attached hydrogens (tertiary/aromatic N) is 3. The number of benzene rings is 1. The van der Waals surface area contributed by atoms with Crippen molar-refractivity contribution < 1.29 is 4.74 Å². The molecule has 0 atom stereocenters. The van der Waals surface area contributed by atoms with Crippen molar-refractivity contribution in [2.75, 3.05) is 31.8 Å². The van der Waals surface area contributed by atoms with Gasteiger partial charge < -0.3 is 20.4 Å². The molecule has 2 heterocycles. The molecule has 0 aliphatic rings. The second-order valence-corrected chi connectivity index (χ2v) is 4.98. The number of aromatic amines is 1. The van der Waals surface area contributed by atoms with Gasteiger partial charge in [-0.05, 0) is 30.3 Å². The molecule has 0 spiro atoms. The standard InChI is InChI=1S/C15H17N5O/c1-20(2)13-7-5-11-15(18-13)19-14(17-11)9-4-6-12(21-3)10(16)8-9/h4-8H,16H2,1-3H3,(H,17,18,19). The molecule has 0 saturated carbocycles. The summed E-state index contributed by atoms with van der Waals surface area (Å²) in [6.45, 7) is 0. The van der Waals surface area contributed by atoms with Crippen LogP contribution in [0.5, 0.6) is 5.75 Å². The van der Waals surface area contributed by atoms with Gasteiger partial charge in [-0.15, -0.1) is 0 Å². The number of hydrogen-bond acceptors (Lipinski definition) is 5. The highest BCUT2D eigenvalue weighted by atomic mass is 16.5. The molecular weight excluding hydrogens is 266 g/mol. The molecule has 0 saturated heterocycles. The van der Waals surface area contributed by atoms with Crippen LogP contribution in [0.3, 0.4) is 0 Å². The molecule has 6 nitrogen and oxygen atoms in total. The van der Waals surface area contributed by atoms with Crippen LogP contribution in [0, 0.1) is 0 Å². The van der Waals surface area contributed by atoms with E-state index in [9.17, 15) is 0 Å². The molecule has 0 aliphatic carbocycles. The Morgan fingerprint density at radius 2 is 1.95 bits per heavy atom. The van der Waals surface area contributed by atoms with Crippen molar-refractivity contribution in [3.63, 3.8) is 0 Å². The van der Waals surface area contributed by atoms with Gasteiger partial charge in [0, 0.05) is 19.7 Å². The zero-order valence-corrected chi connectivity index (χ0v) is 12.2. The van der Waals surface area contributed by atoms with Crippen LogP contribution >= 0.6 is 0 Å². The predicted octanol–water partition coefficient (Wildman–Crippen LogP) is 2.28. The topological polar surface area (TPSA) is 80.1 Å². The summed E-state index contributed by atoms with van der Waals surface area (Å²) < 4.78 is 5.16. The van der Waals surface area contributed by atoms with E-state index in [1.165, 1.54) is 0 Å². The highest BCUT2D eigenvalue weighted by molar-refractivity contribution is 5.78. The summed E-state index contributed by atoms with van der Waals surface area (Å²) in [5.41, 5.74) is 9.00. The largest absolute Gasteiger partial charge is 0.495 e. The summed E-state index contributed by atoms with van der Waals surface area (Å²) in [5, 5.41) is 0. The number of nitrogen functional groups attached to an aromatic ring is 1. The summed E-state index contributed by atoms with van der Waals surface area (Å²) in [4.78, 5) is 14.2. The number of nitrogens with one attached hydrogen (secondary N) is 1. The molecule has 0 aliphatic heterocycles. The third-order valence-corrected chi connectivity index (χ3v) is 3.29. The number of rotatable bonds is 3. The van der Waals surface area contributed by atoms with Gasteiger partial charge in [0.05, 0.1) is 18.3 Å². The molecule has 108 valence electrons. The first-order valence-corrected chi connectivity index (χ1v) is 6.56. The molecule has 0 unspecified atom stereocenters. The van der Waals surface area contributed by atoms with Crippen LogP contribution in [0.1, 0.15) is 0 Å². The first kappa shape index (κ1) is 13.2. The van der Waals surface area contributed by atoms with Crippen LogP contribution in [-0.4, -0.2) is 36.2 Å². The first-order chi connectivity index (χ1) is 10.1. The third-order valence-electron chi connectivity index (χ3n) is 3.29. The first-order valence-electron chi connectivity index (χ1n) is 6.56. The quantitative estimate of drug-likeness (QED) is 0.721. The van der Waals surface area contributed by atoms with E-state index in [0.717, 1.165) is 22.7 Å². The number of aromatic nitrogens is 3. The summed E-state index contributed by atoms with van der Waals surface area (Å²) in [5.74, 6) is 2.26. The zero-order valence-electron chi connectivity index (χ0n) is 12.2. The van der Waals surface area contributed by atoms with Gasteiger partial charge in [-0.3, -0.25) is 0 Å². The Morgan fingerprint density at radius 3 is 2.62 bits per heavy atom. The lowest BCUT2D eigenvalue weighted by molar-refractivity contribution is 0.417. The predicted molar refractivity (Wildman–Crippen MR) is 84.6 cm³/mol. The van der Waals surface area contributed by atoms with Crippen LogP contribution in [0.2, 0.25) is 0 Å². The number of hydrogen-bond donors (Lipinski definition) is 2. The zero-order chi connectivity index (χ0) is 15.0. The maximum atomic E-state index is 5.94. The molecule has 0 fully saturated rings. The van der Waals surface area contributed by atoms with E-state index in [2.05, 4.69) is 15.0 Å². The Morgan fingerprint density at radius 1 is 1.14 bits per heavy atom. The summed E-state index contributed by atoms with van der Waals surface area (Å²) in [6, 6.07) is 9.51. The van der Waals surface area contributed by atoms with Crippen LogP contribution in [0.15, 0.2) is 30.3 Å². The lowest BCUT2D eigenvalue weighted by Crippen LogP contribution is -2.10. The van der Waals surface area contributed by atoms with Gasteiger partial charge in [-0.2, -0.15) is 0 Å². The van der Waals surface area contributed by atoms with Gasteiger partial charge in [0.15, 0.2) is 5.65 Å². The van der Waals surface area contributed by atoms with Gasteiger partial charge in [-0.25, -0.2) is 9.97 Å². The Labute approximate surface area is 122 Å². The second-order valence-electron chi connectivity index (χ2n) is 4.98. The molecule has 3 N–H and O–H groups in total. The van der Waals surface area contributed by atoms with Crippen molar-refractivity contribution in [3.8, 4) is 17.1 Å². The van der Waals surface area contributed by atoms with Crippen molar-refractivity contribution in [3.05, 3.63) is 30.3 Å².